The Bertz CT molecular complexity index is 515. The smallest absolute Gasteiger partial charge is 0.142 e. The van der Waals surface area contributed by atoms with Gasteiger partial charge in [0.05, 0.1) is 9.73 Å². The first-order valence-corrected chi connectivity index (χ1v) is 7.16. The molecule has 1 atom stereocenters. The molecule has 2 rings (SSSR count). The van der Waals surface area contributed by atoms with Crippen molar-refractivity contribution >= 4 is 9.73 Å². The van der Waals surface area contributed by atoms with Crippen LogP contribution in [0.15, 0.2) is 11.2 Å². The highest BCUT2D eigenvalue weighted by molar-refractivity contribution is 7.92. The van der Waals surface area contributed by atoms with Gasteiger partial charge in [-0.05, 0) is 12.8 Å². The molecular weight excluding hydrogens is 222 g/mol. The van der Waals surface area contributed by atoms with Gasteiger partial charge in [-0.15, -0.1) is 0 Å². The number of aromatic nitrogens is 2. The first-order valence-electron chi connectivity index (χ1n) is 5.43. The second-order valence-corrected chi connectivity index (χ2v) is 7.40. The van der Waals surface area contributed by atoms with Gasteiger partial charge in [-0.1, -0.05) is 20.8 Å². The molecule has 1 aliphatic heterocycles. The van der Waals surface area contributed by atoms with Crippen LogP contribution in [0.2, 0.25) is 0 Å². The summed E-state index contributed by atoms with van der Waals surface area (Å²) < 4.78 is 19.9. The lowest BCUT2D eigenvalue weighted by molar-refractivity contribution is 0.532. The molecule has 1 aromatic heterocycles. The third-order valence-electron chi connectivity index (χ3n) is 2.69. The van der Waals surface area contributed by atoms with Gasteiger partial charge < -0.3 is 0 Å². The van der Waals surface area contributed by atoms with Crippen LogP contribution in [-0.4, -0.2) is 19.9 Å². The summed E-state index contributed by atoms with van der Waals surface area (Å²) in [6.45, 7) is 6.05. The lowest BCUT2D eigenvalue weighted by Gasteiger charge is -2.21. The Labute approximate surface area is 96.5 Å². The molecule has 5 heteroatoms. The normalized spacial score (nSPS) is 25.2. The van der Waals surface area contributed by atoms with Crippen molar-refractivity contribution < 1.29 is 4.21 Å². The SMILES string of the molecule is CC(C)(C)c1ncc2c(n1)[S@](=N)(=O)CCC2. The van der Waals surface area contributed by atoms with Crippen LogP contribution in [0, 0.1) is 4.78 Å². The third-order valence-corrected chi connectivity index (χ3v) is 4.53. The molecule has 16 heavy (non-hydrogen) atoms. The summed E-state index contributed by atoms with van der Waals surface area (Å²) in [6.07, 6.45) is 3.39. The van der Waals surface area contributed by atoms with Crippen molar-refractivity contribution in [3.63, 3.8) is 0 Å². The highest BCUT2D eigenvalue weighted by atomic mass is 32.2. The van der Waals surface area contributed by atoms with Crippen LogP contribution < -0.4 is 0 Å². The molecule has 0 aromatic carbocycles. The predicted octanol–water partition coefficient (Wildman–Crippen LogP) is 2.13. The first-order chi connectivity index (χ1) is 7.31. The van der Waals surface area contributed by atoms with Crippen molar-refractivity contribution in [2.24, 2.45) is 0 Å². The maximum atomic E-state index is 12.1. The average Bonchev–Trinajstić information content (AvgIpc) is 2.15. The lowest BCUT2D eigenvalue weighted by atomic mass is 9.95. The van der Waals surface area contributed by atoms with Crippen LogP contribution in [0.3, 0.4) is 0 Å². The van der Waals surface area contributed by atoms with Crippen molar-refractivity contribution in [3.8, 4) is 0 Å². The Hall–Kier alpha value is -0.970. The van der Waals surface area contributed by atoms with Crippen LogP contribution in [0.4, 0.5) is 0 Å². The topological polar surface area (TPSA) is 66.7 Å². The first kappa shape index (κ1) is 11.5. The molecule has 0 saturated carbocycles. The fraction of sp³-hybridized carbons (Fsp3) is 0.636. The standard InChI is InChI=1S/C11H17N3OS/c1-11(2,3)10-13-7-8-5-4-6-16(12,15)9(8)14-10/h7,12H,4-6H2,1-3H3/t16-/m1/s1. The highest BCUT2D eigenvalue weighted by Crippen LogP contribution is 2.26. The van der Waals surface area contributed by atoms with Crippen LogP contribution in [0.25, 0.3) is 0 Å². The maximum Gasteiger partial charge on any atom is 0.142 e. The summed E-state index contributed by atoms with van der Waals surface area (Å²) in [5.41, 5.74) is 0.724. The Morgan fingerprint density at radius 2 is 2.12 bits per heavy atom. The van der Waals surface area contributed by atoms with Crippen molar-refractivity contribution in [2.75, 3.05) is 5.75 Å². The Balaban J connectivity index is 2.61. The Kier molecular flexibility index (Phi) is 2.53. The molecule has 1 N–H and O–H groups in total. The van der Waals surface area contributed by atoms with E-state index in [-0.39, 0.29) is 5.41 Å². The third kappa shape index (κ3) is 1.96. The van der Waals surface area contributed by atoms with Gasteiger partial charge in [-0.2, -0.15) is 0 Å². The van der Waals surface area contributed by atoms with E-state index in [2.05, 4.69) is 9.97 Å². The Morgan fingerprint density at radius 1 is 1.44 bits per heavy atom. The molecule has 4 nitrogen and oxygen atoms in total. The number of nitrogens with zero attached hydrogens (tertiary/aromatic N) is 2. The fourth-order valence-corrected chi connectivity index (χ4v) is 3.33. The van der Waals surface area contributed by atoms with Crippen molar-refractivity contribution in [1.82, 2.24) is 9.97 Å². The molecule has 0 amide bonds. The van der Waals surface area contributed by atoms with Gasteiger partial charge in [-0.3, -0.25) is 0 Å². The molecule has 0 spiro atoms. The van der Waals surface area contributed by atoms with Gasteiger partial charge in [0.15, 0.2) is 0 Å². The number of rotatable bonds is 0. The maximum absolute atomic E-state index is 12.1. The van der Waals surface area contributed by atoms with Gasteiger partial charge in [0.25, 0.3) is 0 Å². The van der Waals surface area contributed by atoms with Gasteiger partial charge in [-0.25, -0.2) is 19.0 Å². The molecular formula is C11H17N3OS. The van der Waals surface area contributed by atoms with E-state index in [0.717, 1.165) is 18.4 Å². The zero-order valence-corrected chi connectivity index (χ0v) is 10.7. The molecule has 0 radical (unpaired) electrons. The van der Waals surface area contributed by atoms with Crippen LogP contribution in [0.5, 0.6) is 0 Å². The minimum Gasteiger partial charge on any atom is -0.248 e. The van der Waals surface area contributed by atoms with Crippen LogP contribution in [0.1, 0.15) is 38.6 Å². The second kappa shape index (κ2) is 3.52. The average molecular weight is 239 g/mol. The summed E-state index contributed by atoms with van der Waals surface area (Å²) in [4.78, 5) is 8.67. The molecule has 0 fully saturated rings. The molecule has 0 bridgehead atoms. The molecule has 2 heterocycles. The minimum atomic E-state index is -2.68. The van der Waals surface area contributed by atoms with Gasteiger partial charge >= 0.3 is 0 Å². The minimum absolute atomic E-state index is 0.165. The molecule has 1 aliphatic rings. The Morgan fingerprint density at radius 3 is 2.75 bits per heavy atom. The van der Waals surface area contributed by atoms with E-state index < -0.39 is 9.73 Å². The van der Waals surface area contributed by atoms with E-state index in [4.69, 9.17) is 4.78 Å². The molecule has 1 aromatic rings. The number of aryl methyl sites for hydroxylation is 1. The van der Waals surface area contributed by atoms with E-state index in [1.807, 2.05) is 20.8 Å². The van der Waals surface area contributed by atoms with Crippen LogP contribution >= 0.6 is 0 Å². The number of hydrogen-bond donors (Lipinski definition) is 1. The summed E-state index contributed by atoms with van der Waals surface area (Å²) in [5.74, 6) is 1.11. The van der Waals surface area contributed by atoms with E-state index in [9.17, 15) is 4.21 Å². The van der Waals surface area contributed by atoms with E-state index in [0.29, 0.717) is 16.6 Å². The summed E-state index contributed by atoms with van der Waals surface area (Å²) >= 11 is 0. The molecule has 0 aliphatic carbocycles. The quantitative estimate of drug-likeness (QED) is 0.705. The van der Waals surface area contributed by atoms with Crippen molar-refractivity contribution in [3.05, 3.63) is 17.6 Å². The molecule has 0 unspecified atom stereocenters. The molecule has 0 saturated heterocycles. The monoisotopic (exact) mass is 239 g/mol. The fourth-order valence-electron chi connectivity index (χ4n) is 1.77. The highest BCUT2D eigenvalue weighted by Gasteiger charge is 2.26. The summed E-state index contributed by atoms with van der Waals surface area (Å²) in [7, 11) is -2.68. The van der Waals surface area contributed by atoms with Gasteiger partial charge in [0.1, 0.15) is 10.9 Å². The zero-order chi connectivity index (χ0) is 12.0. The summed E-state index contributed by atoms with van der Waals surface area (Å²) in [6, 6.07) is 0. The second-order valence-electron chi connectivity index (χ2n) is 5.26. The summed E-state index contributed by atoms with van der Waals surface area (Å²) in [5, 5.41) is 0.471. The van der Waals surface area contributed by atoms with Crippen molar-refractivity contribution in [1.29, 1.82) is 4.78 Å². The van der Waals surface area contributed by atoms with Crippen molar-refractivity contribution in [2.45, 2.75) is 44.1 Å². The van der Waals surface area contributed by atoms with Gasteiger partial charge in [0, 0.05) is 22.9 Å². The zero-order valence-electron chi connectivity index (χ0n) is 9.91. The lowest BCUT2D eigenvalue weighted by Crippen LogP contribution is -2.22. The molecule has 88 valence electrons. The largest absolute Gasteiger partial charge is 0.248 e. The number of hydrogen-bond acceptors (Lipinski definition) is 4. The number of nitrogens with one attached hydrogen (secondary N) is 1. The van der Waals surface area contributed by atoms with E-state index in [1.54, 1.807) is 6.20 Å². The van der Waals surface area contributed by atoms with E-state index in [1.165, 1.54) is 0 Å². The van der Waals surface area contributed by atoms with Gasteiger partial charge in [0.2, 0.25) is 0 Å². The van der Waals surface area contributed by atoms with Crippen LogP contribution in [-0.2, 0) is 21.6 Å². The van der Waals surface area contributed by atoms with E-state index >= 15 is 0 Å². The predicted molar refractivity (Wildman–Crippen MR) is 63.0 cm³/mol. The number of fused-ring (bicyclic) bond motifs is 1.